The number of hydrogen-bond donors (Lipinski definition) is 0. The Morgan fingerprint density at radius 3 is 2.60 bits per heavy atom. The van der Waals surface area contributed by atoms with E-state index in [4.69, 9.17) is 16.3 Å². The molecule has 0 aliphatic carbocycles. The van der Waals surface area contributed by atoms with Gasteiger partial charge in [0.25, 0.3) is 0 Å². The van der Waals surface area contributed by atoms with Gasteiger partial charge >= 0.3 is 0 Å². The third kappa shape index (κ3) is 2.85. The van der Waals surface area contributed by atoms with Crippen LogP contribution in [0.4, 0.5) is 0 Å². The van der Waals surface area contributed by atoms with E-state index in [9.17, 15) is 4.79 Å². The van der Waals surface area contributed by atoms with Crippen LogP contribution in [0.15, 0.2) is 0 Å². The van der Waals surface area contributed by atoms with E-state index in [2.05, 4.69) is 0 Å². The lowest BCUT2D eigenvalue weighted by Crippen LogP contribution is -2.44. The number of rotatable bonds is 1. The van der Waals surface area contributed by atoms with Crippen molar-refractivity contribution in [2.24, 2.45) is 5.92 Å². The Morgan fingerprint density at radius 1 is 1.27 bits per heavy atom. The molecule has 2 heterocycles. The maximum atomic E-state index is 12.1. The lowest BCUT2D eigenvalue weighted by Gasteiger charge is -2.33. The van der Waals surface area contributed by atoms with Crippen molar-refractivity contribution >= 4 is 17.5 Å². The Balaban J connectivity index is 1.84. The maximum absolute atomic E-state index is 12.1. The summed E-state index contributed by atoms with van der Waals surface area (Å²) >= 11 is 6.01. The van der Waals surface area contributed by atoms with E-state index >= 15 is 0 Å². The first-order valence-corrected chi connectivity index (χ1v) is 6.21. The van der Waals surface area contributed by atoms with Crippen LogP contribution in [0.5, 0.6) is 0 Å². The molecule has 2 saturated heterocycles. The molecular formula is C11H18ClNO2. The molecule has 0 aromatic heterocycles. The van der Waals surface area contributed by atoms with Crippen LogP contribution in [0.2, 0.25) is 0 Å². The van der Waals surface area contributed by atoms with E-state index in [1.165, 1.54) is 0 Å². The van der Waals surface area contributed by atoms with Crippen LogP contribution in [0.1, 0.15) is 25.7 Å². The van der Waals surface area contributed by atoms with Crippen LogP contribution in [0.3, 0.4) is 0 Å². The van der Waals surface area contributed by atoms with Gasteiger partial charge in [-0.25, -0.2) is 0 Å². The Labute approximate surface area is 95.7 Å². The molecule has 0 aromatic carbocycles. The molecule has 1 atom stereocenters. The van der Waals surface area contributed by atoms with E-state index in [1.807, 2.05) is 4.90 Å². The quantitative estimate of drug-likeness (QED) is 0.643. The van der Waals surface area contributed by atoms with Crippen LogP contribution in [-0.4, -0.2) is 42.5 Å². The van der Waals surface area contributed by atoms with Crippen molar-refractivity contribution in [3.63, 3.8) is 0 Å². The van der Waals surface area contributed by atoms with Crippen LogP contribution < -0.4 is 0 Å². The predicted octanol–water partition coefficient (Wildman–Crippen LogP) is 1.64. The van der Waals surface area contributed by atoms with Crippen molar-refractivity contribution in [1.82, 2.24) is 4.90 Å². The van der Waals surface area contributed by atoms with Gasteiger partial charge in [-0.2, -0.15) is 0 Å². The summed E-state index contributed by atoms with van der Waals surface area (Å²) in [6.07, 6.45) is 3.86. The van der Waals surface area contributed by atoms with Gasteiger partial charge in [-0.15, -0.1) is 11.6 Å². The second-order valence-corrected chi connectivity index (χ2v) is 5.03. The minimum Gasteiger partial charge on any atom is -0.381 e. The molecule has 4 heteroatoms. The van der Waals surface area contributed by atoms with Gasteiger partial charge in [0.15, 0.2) is 0 Å². The average molecular weight is 232 g/mol. The predicted molar refractivity (Wildman–Crippen MR) is 59.0 cm³/mol. The summed E-state index contributed by atoms with van der Waals surface area (Å²) < 4.78 is 5.34. The second-order valence-electron chi connectivity index (χ2n) is 4.41. The molecule has 2 fully saturated rings. The zero-order chi connectivity index (χ0) is 10.7. The number of nitrogens with zero attached hydrogens (tertiary/aromatic N) is 1. The molecule has 3 nitrogen and oxygen atoms in total. The van der Waals surface area contributed by atoms with Crippen molar-refractivity contribution in [1.29, 1.82) is 0 Å². The van der Waals surface area contributed by atoms with E-state index in [-0.39, 0.29) is 17.2 Å². The molecule has 1 amide bonds. The summed E-state index contributed by atoms with van der Waals surface area (Å²) in [4.78, 5) is 14.0. The molecule has 0 spiro atoms. The highest BCUT2D eigenvalue weighted by Crippen LogP contribution is 2.21. The fourth-order valence-corrected chi connectivity index (χ4v) is 2.46. The Hall–Kier alpha value is -0.280. The summed E-state index contributed by atoms with van der Waals surface area (Å²) in [5.41, 5.74) is 0. The molecule has 86 valence electrons. The van der Waals surface area contributed by atoms with Gasteiger partial charge in [0.1, 0.15) is 0 Å². The normalized spacial score (nSPS) is 29.1. The van der Waals surface area contributed by atoms with Crippen molar-refractivity contribution in [2.45, 2.75) is 31.1 Å². The standard InChI is InChI=1S/C11H18ClNO2/c12-10-3-5-13(6-4-10)11(14)9-2-1-7-15-8-9/h9-10H,1-8H2. The molecule has 0 aromatic rings. The number of amides is 1. The minimum atomic E-state index is 0.102. The molecule has 0 N–H and O–H groups in total. The van der Waals surface area contributed by atoms with Gasteiger partial charge in [0, 0.05) is 25.1 Å². The van der Waals surface area contributed by atoms with E-state index < -0.39 is 0 Å². The number of ether oxygens (including phenoxy) is 1. The smallest absolute Gasteiger partial charge is 0.228 e. The third-order valence-corrected chi connectivity index (χ3v) is 3.68. The number of piperidine rings is 1. The molecule has 0 saturated carbocycles. The summed E-state index contributed by atoms with van der Waals surface area (Å²) in [6.45, 7) is 3.07. The van der Waals surface area contributed by atoms with Gasteiger partial charge in [0.2, 0.25) is 5.91 Å². The van der Waals surface area contributed by atoms with Gasteiger partial charge in [-0.05, 0) is 25.7 Å². The third-order valence-electron chi connectivity index (χ3n) is 3.25. The molecular weight excluding hydrogens is 214 g/mol. The molecule has 2 aliphatic heterocycles. The number of carbonyl (C=O) groups excluding carboxylic acids is 1. The zero-order valence-corrected chi connectivity index (χ0v) is 9.71. The SMILES string of the molecule is O=C(C1CCCOC1)N1CCC(Cl)CC1. The van der Waals surface area contributed by atoms with Crippen molar-refractivity contribution in [2.75, 3.05) is 26.3 Å². The van der Waals surface area contributed by atoms with Crippen molar-refractivity contribution in [3.8, 4) is 0 Å². The second kappa shape index (κ2) is 5.17. The Bertz CT molecular complexity index is 221. The minimum absolute atomic E-state index is 0.102. The van der Waals surface area contributed by atoms with Crippen LogP contribution in [0.25, 0.3) is 0 Å². The number of alkyl halides is 1. The molecule has 2 aliphatic rings. The molecule has 2 rings (SSSR count). The maximum Gasteiger partial charge on any atom is 0.228 e. The summed E-state index contributed by atoms with van der Waals surface area (Å²) in [6, 6.07) is 0. The lowest BCUT2D eigenvalue weighted by atomic mass is 9.99. The summed E-state index contributed by atoms with van der Waals surface area (Å²) in [5, 5.41) is 0.261. The highest BCUT2D eigenvalue weighted by Gasteiger charge is 2.28. The Morgan fingerprint density at radius 2 is 2.00 bits per heavy atom. The van der Waals surface area contributed by atoms with E-state index in [0.717, 1.165) is 45.4 Å². The molecule has 0 radical (unpaired) electrons. The fourth-order valence-electron chi connectivity index (χ4n) is 2.26. The monoisotopic (exact) mass is 231 g/mol. The first kappa shape index (κ1) is 11.2. The highest BCUT2D eigenvalue weighted by atomic mass is 35.5. The molecule has 0 bridgehead atoms. The average Bonchev–Trinajstić information content (AvgIpc) is 2.30. The topological polar surface area (TPSA) is 29.5 Å². The fraction of sp³-hybridized carbons (Fsp3) is 0.909. The number of carbonyl (C=O) groups is 1. The summed E-state index contributed by atoms with van der Waals surface area (Å²) in [5.74, 6) is 0.379. The summed E-state index contributed by atoms with van der Waals surface area (Å²) in [7, 11) is 0. The first-order valence-electron chi connectivity index (χ1n) is 5.78. The largest absolute Gasteiger partial charge is 0.381 e. The van der Waals surface area contributed by atoms with Gasteiger partial charge in [-0.3, -0.25) is 4.79 Å². The van der Waals surface area contributed by atoms with Crippen molar-refractivity contribution in [3.05, 3.63) is 0 Å². The van der Waals surface area contributed by atoms with Crippen LogP contribution >= 0.6 is 11.6 Å². The van der Waals surface area contributed by atoms with E-state index in [0.29, 0.717) is 6.61 Å². The highest BCUT2D eigenvalue weighted by molar-refractivity contribution is 6.20. The number of likely N-dealkylation sites (tertiary alicyclic amines) is 1. The van der Waals surface area contributed by atoms with Gasteiger partial charge < -0.3 is 9.64 Å². The lowest BCUT2D eigenvalue weighted by molar-refractivity contribution is -0.140. The Kier molecular flexibility index (Phi) is 3.87. The zero-order valence-electron chi connectivity index (χ0n) is 8.95. The van der Waals surface area contributed by atoms with E-state index in [1.54, 1.807) is 0 Å². The molecule has 1 unspecified atom stereocenters. The van der Waals surface area contributed by atoms with Crippen molar-refractivity contribution < 1.29 is 9.53 Å². The van der Waals surface area contributed by atoms with Crippen LogP contribution in [-0.2, 0) is 9.53 Å². The van der Waals surface area contributed by atoms with Crippen LogP contribution in [0, 0.1) is 5.92 Å². The number of hydrogen-bond acceptors (Lipinski definition) is 2. The van der Waals surface area contributed by atoms with Gasteiger partial charge in [0.05, 0.1) is 12.5 Å². The molecule has 15 heavy (non-hydrogen) atoms. The van der Waals surface area contributed by atoms with Gasteiger partial charge in [-0.1, -0.05) is 0 Å². The number of halogens is 1. The first-order chi connectivity index (χ1) is 7.27.